The number of hydrogen-bond donors (Lipinski definition) is 2. The molecule has 0 aromatic rings. The summed E-state index contributed by atoms with van der Waals surface area (Å²) in [6.07, 6.45) is 0. The topological polar surface area (TPSA) is 74.6 Å². The smallest absolute Gasteiger partial charge is 0.316 e. The minimum atomic E-state index is -0.975. The summed E-state index contributed by atoms with van der Waals surface area (Å²) in [6, 6.07) is 0. The number of carbonyl (C=O) groups is 2. The van der Waals surface area contributed by atoms with Crippen LogP contribution in [0.2, 0.25) is 0 Å². The first-order valence-electron chi connectivity index (χ1n) is 3.97. The van der Waals surface area contributed by atoms with E-state index in [4.69, 9.17) is 10.2 Å². The molecule has 0 aliphatic heterocycles. The third-order valence-electron chi connectivity index (χ3n) is 1.55. The van der Waals surface area contributed by atoms with Crippen molar-refractivity contribution in [3.8, 4) is 0 Å². The maximum absolute atomic E-state index is 10.7. The Morgan fingerprint density at radius 3 is 1.77 bits per heavy atom. The standard InChI is InChI=1S/C8H14O4S/c1-4(2)6(8(11)12)13-5(3)7(9)10/h4-6H,1-3H3,(H,9,10)(H,11,12). The van der Waals surface area contributed by atoms with E-state index >= 15 is 0 Å². The van der Waals surface area contributed by atoms with Gasteiger partial charge in [0.2, 0.25) is 0 Å². The molecule has 76 valence electrons. The highest BCUT2D eigenvalue weighted by Crippen LogP contribution is 2.24. The van der Waals surface area contributed by atoms with Gasteiger partial charge >= 0.3 is 11.9 Å². The first kappa shape index (κ1) is 12.3. The first-order valence-corrected chi connectivity index (χ1v) is 4.91. The average Bonchev–Trinajstić information content (AvgIpc) is 1.97. The highest BCUT2D eigenvalue weighted by atomic mass is 32.2. The Morgan fingerprint density at radius 2 is 1.54 bits per heavy atom. The zero-order valence-corrected chi connectivity index (χ0v) is 8.67. The Hall–Kier alpha value is -0.710. The monoisotopic (exact) mass is 206 g/mol. The van der Waals surface area contributed by atoms with Crippen LogP contribution < -0.4 is 0 Å². The molecule has 13 heavy (non-hydrogen) atoms. The van der Waals surface area contributed by atoms with Crippen molar-refractivity contribution in [3.63, 3.8) is 0 Å². The van der Waals surface area contributed by atoms with Crippen LogP contribution in [0.5, 0.6) is 0 Å². The van der Waals surface area contributed by atoms with Crippen molar-refractivity contribution in [2.24, 2.45) is 5.92 Å². The molecule has 2 atom stereocenters. The molecule has 2 unspecified atom stereocenters. The van der Waals surface area contributed by atoms with Gasteiger partial charge in [0.15, 0.2) is 0 Å². The quantitative estimate of drug-likeness (QED) is 0.709. The van der Waals surface area contributed by atoms with Crippen molar-refractivity contribution in [1.82, 2.24) is 0 Å². The van der Waals surface area contributed by atoms with Gasteiger partial charge < -0.3 is 10.2 Å². The van der Waals surface area contributed by atoms with Gasteiger partial charge in [-0.2, -0.15) is 0 Å². The van der Waals surface area contributed by atoms with Gasteiger partial charge in [-0.3, -0.25) is 9.59 Å². The number of aliphatic carboxylic acids is 2. The second-order valence-corrected chi connectivity index (χ2v) is 4.61. The molecule has 0 aliphatic rings. The molecule has 0 fully saturated rings. The molecule has 2 N–H and O–H groups in total. The Balaban J connectivity index is 4.27. The summed E-state index contributed by atoms with van der Waals surface area (Å²) in [7, 11) is 0. The maximum atomic E-state index is 10.7. The van der Waals surface area contributed by atoms with E-state index in [2.05, 4.69) is 0 Å². The molecule has 0 radical (unpaired) electrons. The van der Waals surface area contributed by atoms with E-state index < -0.39 is 22.4 Å². The zero-order valence-electron chi connectivity index (χ0n) is 7.85. The van der Waals surface area contributed by atoms with Crippen LogP contribution in [0, 0.1) is 5.92 Å². The van der Waals surface area contributed by atoms with E-state index in [1.165, 1.54) is 6.92 Å². The van der Waals surface area contributed by atoms with E-state index in [1.807, 2.05) is 0 Å². The Kier molecular flexibility index (Phi) is 4.83. The van der Waals surface area contributed by atoms with Crippen molar-refractivity contribution >= 4 is 23.7 Å². The predicted molar refractivity (Wildman–Crippen MR) is 51.0 cm³/mol. The van der Waals surface area contributed by atoms with Crippen LogP contribution >= 0.6 is 11.8 Å². The minimum absolute atomic E-state index is 0.0655. The molecule has 0 saturated heterocycles. The van der Waals surface area contributed by atoms with E-state index in [1.54, 1.807) is 13.8 Å². The van der Waals surface area contributed by atoms with Crippen molar-refractivity contribution < 1.29 is 19.8 Å². The lowest BCUT2D eigenvalue weighted by Gasteiger charge is -2.17. The third-order valence-corrected chi connectivity index (χ3v) is 3.20. The third kappa shape index (κ3) is 4.17. The molecule has 0 amide bonds. The molecular formula is C8H14O4S. The van der Waals surface area contributed by atoms with Gasteiger partial charge in [0.1, 0.15) is 10.5 Å². The van der Waals surface area contributed by atoms with Crippen molar-refractivity contribution in [2.75, 3.05) is 0 Å². The molecule has 0 aliphatic carbocycles. The van der Waals surface area contributed by atoms with E-state index in [9.17, 15) is 9.59 Å². The lowest BCUT2D eigenvalue weighted by molar-refractivity contribution is -0.137. The molecule has 0 bridgehead atoms. The molecule has 0 heterocycles. The van der Waals surface area contributed by atoms with Crippen LogP contribution in [0.3, 0.4) is 0 Å². The van der Waals surface area contributed by atoms with Crippen LogP contribution in [-0.4, -0.2) is 32.7 Å². The maximum Gasteiger partial charge on any atom is 0.316 e. The zero-order chi connectivity index (χ0) is 10.6. The summed E-state index contributed by atoms with van der Waals surface area (Å²) in [5.41, 5.74) is 0. The highest BCUT2D eigenvalue weighted by Gasteiger charge is 2.26. The second kappa shape index (κ2) is 5.11. The fourth-order valence-electron chi connectivity index (χ4n) is 0.779. The number of hydrogen-bond acceptors (Lipinski definition) is 3. The lowest BCUT2D eigenvalue weighted by atomic mass is 10.1. The van der Waals surface area contributed by atoms with Crippen LogP contribution in [0.15, 0.2) is 0 Å². The largest absolute Gasteiger partial charge is 0.480 e. The van der Waals surface area contributed by atoms with Crippen molar-refractivity contribution in [2.45, 2.75) is 31.3 Å². The molecule has 0 rings (SSSR count). The van der Waals surface area contributed by atoms with Gasteiger partial charge in [-0.05, 0) is 12.8 Å². The molecule has 5 heteroatoms. The Labute approximate surface area is 81.3 Å². The predicted octanol–water partition coefficient (Wildman–Crippen LogP) is 1.30. The average molecular weight is 206 g/mol. The van der Waals surface area contributed by atoms with Gasteiger partial charge in [-0.25, -0.2) is 0 Å². The van der Waals surface area contributed by atoms with E-state index in [0.717, 1.165) is 11.8 Å². The molecular weight excluding hydrogens is 192 g/mol. The van der Waals surface area contributed by atoms with Gasteiger partial charge in [-0.1, -0.05) is 13.8 Å². The summed E-state index contributed by atoms with van der Waals surface area (Å²) < 4.78 is 0. The SMILES string of the molecule is CC(SC(C(=O)O)C(C)C)C(=O)O. The summed E-state index contributed by atoms with van der Waals surface area (Å²) >= 11 is 0.970. The number of carboxylic acid groups (broad SMARTS) is 2. The first-order chi connectivity index (χ1) is 5.86. The van der Waals surface area contributed by atoms with Crippen LogP contribution in [0.25, 0.3) is 0 Å². The molecule has 0 saturated carbocycles. The van der Waals surface area contributed by atoms with Gasteiger partial charge in [0.25, 0.3) is 0 Å². The molecule has 0 spiro atoms. The summed E-state index contributed by atoms with van der Waals surface area (Å²) in [5, 5.41) is 16.0. The van der Waals surface area contributed by atoms with Crippen molar-refractivity contribution in [3.05, 3.63) is 0 Å². The van der Waals surface area contributed by atoms with E-state index in [-0.39, 0.29) is 5.92 Å². The Morgan fingerprint density at radius 1 is 1.08 bits per heavy atom. The van der Waals surface area contributed by atoms with Gasteiger partial charge in [-0.15, -0.1) is 11.8 Å². The van der Waals surface area contributed by atoms with E-state index in [0.29, 0.717) is 0 Å². The van der Waals surface area contributed by atoms with Gasteiger partial charge in [0.05, 0.1) is 0 Å². The van der Waals surface area contributed by atoms with Crippen LogP contribution in [-0.2, 0) is 9.59 Å². The number of rotatable bonds is 5. The fraction of sp³-hybridized carbons (Fsp3) is 0.750. The summed E-state index contributed by atoms with van der Waals surface area (Å²) in [6.45, 7) is 5.02. The highest BCUT2D eigenvalue weighted by molar-refractivity contribution is 8.01. The normalized spacial score (nSPS) is 15.4. The van der Waals surface area contributed by atoms with Crippen LogP contribution in [0.1, 0.15) is 20.8 Å². The fourth-order valence-corrected chi connectivity index (χ4v) is 1.77. The molecule has 4 nitrogen and oxygen atoms in total. The van der Waals surface area contributed by atoms with Gasteiger partial charge in [0, 0.05) is 0 Å². The van der Waals surface area contributed by atoms with Crippen molar-refractivity contribution in [1.29, 1.82) is 0 Å². The molecule has 0 aromatic heterocycles. The Bertz CT molecular complexity index is 202. The number of carboxylic acids is 2. The lowest BCUT2D eigenvalue weighted by Crippen LogP contribution is -2.27. The molecule has 0 aromatic carbocycles. The van der Waals surface area contributed by atoms with Crippen LogP contribution in [0.4, 0.5) is 0 Å². The summed E-state index contributed by atoms with van der Waals surface area (Å²) in [5.74, 6) is -1.99. The summed E-state index contributed by atoms with van der Waals surface area (Å²) in [4.78, 5) is 21.2. The minimum Gasteiger partial charge on any atom is -0.480 e. The number of thioether (sulfide) groups is 1. The second-order valence-electron chi connectivity index (χ2n) is 3.12.